The molecule has 0 radical (unpaired) electrons. The van der Waals surface area contributed by atoms with Crippen LogP contribution in [-0.4, -0.2) is 28.5 Å². The van der Waals surface area contributed by atoms with Crippen molar-refractivity contribution >= 4 is 5.91 Å². The Balaban J connectivity index is 1.55. The number of hydrogen-bond acceptors (Lipinski definition) is 3. The highest BCUT2D eigenvalue weighted by molar-refractivity contribution is 5.92. The van der Waals surface area contributed by atoms with Crippen molar-refractivity contribution in [3.63, 3.8) is 0 Å². The maximum atomic E-state index is 12.0. The predicted molar refractivity (Wildman–Crippen MR) is 109 cm³/mol. The number of aromatic nitrogens is 2. The topological polar surface area (TPSA) is 67.0 Å². The van der Waals surface area contributed by atoms with Gasteiger partial charge in [-0.2, -0.15) is 0 Å². The number of ether oxygens (including phenoxy) is 1. The highest BCUT2D eigenvalue weighted by Gasteiger charge is 2.11. The van der Waals surface area contributed by atoms with Crippen molar-refractivity contribution in [2.75, 3.05) is 6.61 Å². The average molecular weight is 373 g/mol. The first-order valence-corrected chi connectivity index (χ1v) is 9.27. The van der Waals surface area contributed by atoms with Gasteiger partial charge in [-0.25, -0.2) is 4.98 Å². The highest BCUT2D eigenvalue weighted by atomic mass is 16.5. The zero-order valence-corrected chi connectivity index (χ0v) is 16.0. The lowest BCUT2D eigenvalue weighted by Crippen LogP contribution is -2.34. The van der Waals surface area contributed by atoms with E-state index in [0.717, 1.165) is 28.9 Å². The number of nitrogens with zero attached hydrogens (tertiary/aromatic N) is 1. The second-order valence-electron chi connectivity index (χ2n) is 6.45. The first-order valence-electron chi connectivity index (χ1n) is 9.27. The van der Waals surface area contributed by atoms with Crippen LogP contribution in [0.25, 0.3) is 0 Å². The van der Waals surface area contributed by atoms with Gasteiger partial charge in [-0.15, -0.1) is 0 Å². The lowest BCUT2D eigenvalue weighted by molar-refractivity contribution is 0.0935. The number of amides is 1. The average Bonchev–Trinajstić information content (AvgIpc) is 3.24. The third kappa shape index (κ3) is 5.49. The van der Waals surface area contributed by atoms with Gasteiger partial charge in [0.1, 0.15) is 11.4 Å². The summed E-state index contributed by atoms with van der Waals surface area (Å²) in [6.45, 7) is 4.60. The van der Waals surface area contributed by atoms with Gasteiger partial charge in [0.2, 0.25) is 0 Å². The van der Waals surface area contributed by atoms with E-state index < -0.39 is 0 Å². The quantitative estimate of drug-likeness (QED) is 0.649. The van der Waals surface area contributed by atoms with Crippen molar-refractivity contribution < 1.29 is 9.53 Å². The lowest BCUT2D eigenvalue weighted by atomic mass is 10.0. The predicted octanol–water partition coefficient (Wildman–Crippen LogP) is 3.57. The van der Waals surface area contributed by atoms with Gasteiger partial charge in [0.05, 0.1) is 19.1 Å². The standard InChI is InChI=1S/C23H23N3O2/c1-3-28-21-12-10-19(11-13-21)5-4-18-6-8-20(9-7-18)14-17(2)26-23(27)22-15-24-16-25-22/h6-13,15-17H,3,14H2,1-2H3,(H,24,25)(H,26,27). The molecule has 28 heavy (non-hydrogen) atoms. The fraction of sp³-hybridized carbons (Fsp3) is 0.217. The minimum Gasteiger partial charge on any atom is -0.494 e. The molecule has 0 aliphatic heterocycles. The molecule has 5 nitrogen and oxygen atoms in total. The van der Waals surface area contributed by atoms with Gasteiger partial charge in [0.15, 0.2) is 0 Å². The van der Waals surface area contributed by atoms with Crippen LogP contribution in [-0.2, 0) is 6.42 Å². The molecule has 3 rings (SSSR count). The van der Waals surface area contributed by atoms with Crippen molar-refractivity contribution in [1.82, 2.24) is 15.3 Å². The molecule has 5 heteroatoms. The van der Waals surface area contributed by atoms with Crippen LogP contribution in [0.5, 0.6) is 5.75 Å². The summed E-state index contributed by atoms with van der Waals surface area (Å²) >= 11 is 0. The van der Waals surface area contributed by atoms with Crippen LogP contribution in [0.15, 0.2) is 61.1 Å². The Bertz CT molecular complexity index is 950. The van der Waals surface area contributed by atoms with Crippen molar-refractivity contribution in [3.8, 4) is 17.6 Å². The normalized spacial score (nSPS) is 11.2. The zero-order chi connectivity index (χ0) is 19.8. The molecule has 0 fully saturated rings. The van der Waals surface area contributed by atoms with E-state index in [0.29, 0.717) is 12.3 Å². The van der Waals surface area contributed by atoms with Crippen LogP contribution in [0.1, 0.15) is 41.0 Å². The van der Waals surface area contributed by atoms with E-state index in [2.05, 4.69) is 27.1 Å². The maximum absolute atomic E-state index is 12.0. The van der Waals surface area contributed by atoms with E-state index in [1.807, 2.05) is 62.4 Å². The SMILES string of the molecule is CCOc1ccc(C#Cc2ccc(CC(C)NC(=O)c3cnc[nH]3)cc2)cc1. The van der Waals surface area contributed by atoms with Crippen molar-refractivity contribution in [1.29, 1.82) is 0 Å². The first kappa shape index (κ1) is 19.2. The molecule has 1 aromatic heterocycles. The van der Waals surface area contributed by atoms with Crippen LogP contribution >= 0.6 is 0 Å². The first-order chi connectivity index (χ1) is 13.6. The molecule has 3 aromatic rings. The lowest BCUT2D eigenvalue weighted by Gasteiger charge is -2.13. The molecule has 0 saturated heterocycles. The second kappa shape index (κ2) is 9.43. The number of imidazole rings is 1. The summed E-state index contributed by atoms with van der Waals surface area (Å²) in [5, 5.41) is 2.96. The number of benzene rings is 2. The molecule has 0 aliphatic rings. The van der Waals surface area contributed by atoms with E-state index in [1.165, 1.54) is 12.5 Å². The zero-order valence-electron chi connectivity index (χ0n) is 16.0. The smallest absolute Gasteiger partial charge is 0.269 e. The van der Waals surface area contributed by atoms with E-state index in [1.54, 1.807) is 0 Å². The third-order valence-corrected chi connectivity index (χ3v) is 4.13. The van der Waals surface area contributed by atoms with Gasteiger partial charge in [-0.1, -0.05) is 24.0 Å². The number of rotatable bonds is 6. The maximum Gasteiger partial charge on any atom is 0.269 e. The fourth-order valence-corrected chi connectivity index (χ4v) is 2.76. The largest absolute Gasteiger partial charge is 0.494 e. The van der Waals surface area contributed by atoms with E-state index >= 15 is 0 Å². The monoisotopic (exact) mass is 373 g/mol. The summed E-state index contributed by atoms with van der Waals surface area (Å²) < 4.78 is 5.43. The van der Waals surface area contributed by atoms with E-state index in [-0.39, 0.29) is 11.9 Å². The van der Waals surface area contributed by atoms with Gasteiger partial charge < -0.3 is 15.0 Å². The van der Waals surface area contributed by atoms with Gasteiger partial charge in [-0.05, 0) is 62.2 Å². The number of hydrogen-bond donors (Lipinski definition) is 2. The number of nitrogens with one attached hydrogen (secondary N) is 2. The van der Waals surface area contributed by atoms with E-state index in [9.17, 15) is 4.79 Å². The summed E-state index contributed by atoms with van der Waals surface area (Å²) in [6.07, 6.45) is 3.75. The molecule has 0 aliphatic carbocycles. The molecule has 1 heterocycles. The van der Waals surface area contributed by atoms with Gasteiger partial charge in [-0.3, -0.25) is 4.79 Å². The van der Waals surface area contributed by atoms with Crippen LogP contribution in [0.3, 0.4) is 0 Å². The van der Waals surface area contributed by atoms with Crippen molar-refractivity contribution in [2.45, 2.75) is 26.3 Å². The van der Waals surface area contributed by atoms with Crippen LogP contribution in [0, 0.1) is 11.8 Å². The summed E-state index contributed by atoms with van der Waals surface area (Å²) in [5.74, 6) is 7.04. The molecule has 2 aromatic carbocycles. The molecular weight excluding hydrogens is 350 g/mol. The summed E-state index contributed by atoms with van der Waals surface area (Å²) in [7, 11) is 0. The molecule has 0 bridgehead atoms. The second-order valence-corrected chi connectivity index (χ2v) is 6.45. The van der Waals surface area contributed by atoms with Gasteiger partial charge in [0, 0.05) is 17.2 Å². The van der Waals surface area contributed by atoms with E-state index in [4.69, 9.17) is 4.74 Å². The molecule has 1 unspecified atom stereocenters. The van der Waals surface area contributed by atoms with Crippen LogP contribution in [0.4, 0.5) is 0 Å². The Morgan fingerprint density at radius 1 is 1.11 bits per heavy atom. The highest BCUT2D eigenvalue weighted by Crippen LogP contribution is 2.12. The minimum atomic E-state index is -0.150. The van der Waals surface area contributed by atoms with Crippen LogP contribution < -0.4 is 10.1 Å². The molecule has 142 valence electrons. The van der Waals surface area contributed by atoms with Gasteiger partial charge in [0.25, 0.3) is 5.91 Å². The minimum absolute atomic E-state index is 0.0107. The Kier molecular flexibility index (Phi) is 6.48. The Morgan fingerprint density at radius 2 is 1.75 bits per heavy atom. The fourth-order valence-electron chi connectivity index (χ4n) is 2.76. The summed E-state index contributed by atoms with van der Waals surface area (Å²) in [5.41, 5.74) is 3.50. The number of carbonyl (C=O) groups is 1. The molecule has 1 atom stereocenters. The molecule has 1 amide bonds. The van der Waals surface area contributed by atoms with Crippen molar-refractivity contribution in [3.05, 3.63) is 83.4 Å². The molecule has 0 saturated carbocycles. The number of aromatic amines is 1. The van der Waals surface area contributed by atoms with Gasteiger partial charge >= 0.3 is 0 Å². The van der Waals surface area contributed by atoms with Crippen LogP contribution in [0.2, 0.25) is 0 Å². The Hall–Kier alpha value is -3.52. The third-order valence-electron chi connectivity index (χ3n) is 4.13. The molecular formula is C23H23N3O2. The van der Waals surface area contributed by atoms with Crippen molar-refractivity contribution in [2.24, 2.45) is 0 Å². The summed E-state index contributed by atoms with van der Waals surface area (Å²) in [4.78, 5) is 18.7. The number of H-pyrrole nitrogens is 1. The molecule has 2 N–H and O–H groups in total. The number of carbonyl (C=O) groups excluding carboxylic acids is 1. The summed E-state index contributed by atoms with van der Waals surface area (Å²) in [6, 6.07) is 15.9. The Morgan fingerprint density at radius 3 is 2.32 bits per heavy atom. The molecule has 0 spiro atoms. The Labute approximate surface area is 165 Å².